The fourth-order valence-corrected chi connectivity index (χ4v) is 2.14. The van der Waals surface area contributed by atoms with Gasteiger partial charge in [0, 0.05) is 25.7 Å². The standard InChI is InChI=1S/C14H25BrN4O/c1-10(2)9-19-14(20)13(15)12(8-17-19)16-6-7-18(5)11(3)4/h8,10-11,16H,6-7,9H2,1-5H3. The first kappa shape index (κ1) is 17.2. The third-order valence-corrected chi connectivity index (χ3v) is 3.95. The van der Waals surface area contributed by atoms with Crippen LogP contribution in [-0.4, -0.2) is 40.9 Å². The maximum absolute atomic E-state index is 12.1. The molecule has 0 aliphatic carbocycles. The SMILES string of the molecule is CC(C)Cn1ncc(NCCN(C)C(C)C)c(Br)c1=O. The van der Waals surface area contributed by atoms with Crippen molar-refractivity contribution in [2.45, 2.75) is 40.3 Å². The molecule has 1 aromatic rings. The van der Waals surface area contributed by atoms with Crippen LogP contribution in [0.15, 0.2) is 15.5 Å². The lowest BCUT2D eigenvalue weighted by Crippen LogP contribution is -2.32. The molecule has 0 saturated heterocycles. The van der Waals surface area contributed by atoms with Crippen molar-refractivity contribution < 1.29 is 0 Å². The van der Waals surface area contributed by atoms with Gasteiger partial charge >= 0.3 is 0 Å². The molecule has 0 unspecified atom stereocenters. The summed E-state index contributed by atoms with van der Waals surface area (Å²) in [6.45, 7) is 10.8. The quantitative estimate of drug-likeness (QED) is 0.825. The summed E-state index contributed by atoms with van der Waals surface area (Å²) in [5.41, 5.74) is 0.674. The fraction of sp³-hybridized carbons (Fsp3) is 0.714. The van der Waals surface area contributed by atoms with E-state index in [1.54, 1.807) is 6.20 Å². The summed E-state index contributed by atoms with van der Waals surface area (Å²) in [7, 11) is 2.08. The first-order chi connectivity index (χ1) is 9.32. The summed E-state index contributed by atoms with van der Waals surface area (Å²) in [6.07, 6.45) is 1.71. The van der Waals surface area contributed by atoms with Crippen molar-refractivity contribution in [2.75, 3.05) is 25.5 Å². The molecule has 1 aromatic heterocycles. The van der Waals surface area contributed by atoms with Crippen LogP contribution < -0.4 is 10.9 Å². The van der Waals surface area contributed by atoms with E-state index in [1.807, 2.05) is 0 Å². The van der Waals surface area contributed by atoms with Crippen molar-refractivity contribution >= 4 is 21.6 Å². The maximum Gasteiger partial charge on any atom is 0.283 e. The Morgan fingerprint density at radius 1 is 1.40 bits per heavy atom. The lowest BCUT2D eigenvalue weighted by Gasteiger charge is -2.21. The average molecular weight is 345 g/mol. The molecule has 0 saturated carbocycles. The van der Waals surface area contributed by atoms with Crippen LogP contribution in [0.1, 0.15) is 27.7 Å². The maximum atomic E-state index is 12.1. The van der Waals surface area contributed by atoms with Crippen LogP contribution in [0.3, 0.4) is 0 Å². The largest absolute Gasteiger partial charge is 0.381 e. The molecule has 0 amide bonds. The predicted octanol–water partition coefficient (Wildman–Crippen LogP) is 2.41. The van der Waals surface area contributed by atoms with Crippen molar-refractivity contribution in [3.63, 3.8) is 0 Å². The number of anilines is 1. The van der Waals surface area contributed by atoms with Gasteiger partial charge in [0.2, 0.25) is 0 Å². The second-order valence-corrected chi connectivity index (χ2v) is 6.55. The second kappa shape index (κ2) is 7.78. The number of likely N-dealkylation sites (N-methyl/N-ethyl adjacent to an activating group) is 1. The van der Waals surface area contributed by atoms with Gasteiger partial charge in [0.05, 0.1) is 11.9 Å². The third-order valence-electron chi connectivity index (χ3n) is 3.18. The third kappa shape index (κ3) is 4.90. The summed E-state index contributed by atoms with van der Waals surface area (Å²) in [4.78, 5) is 14.4. The summed E-state index contributed by atoms with van der Waals surface area (Å²) in [5.74, 6) is 0.394. The Labute approximate surface area is 129 Å². The van der Waals surface area contributed by atoms with Crippen LogP contribution in [0.25, 0.3) is 0 Å². The minimum Gasteiger partial charge on any atom is -0.381 e. The van der Waals surface area contributed by atoms with Crippen molar-refractivity contribution in [3.8, 4) is 0 Å². The van der Waals surface area contributed by atoms with Gasteiger partial charge in [0.25, 0.3) is 5.56 Å². The van der Waals surface area contributed by atoms with E-state index in [-0.39, 0.29) is 5.56 Å². The number of aromatic nitrogens is 2. The minimum atomic E-state index is -0.0825. The van der Waals surface area contributed by atoms with Crippen LogP contribution in [0.2, 0.25) is 0 Å². The molecule has 0 fully saturated rings. The molecule has 20 heavy (non-hydrogen) atoms. The molecule has 6 heteroatoms. The zero-order valence-electron chi connectivity index (χ0n) is 13.0. The van der Waals surface area contributed by atoms with Gasteiger partial charge in [-0.05, 0) is 42.7 Å². The Morgan fingerprint density at radius 2 is 2.05 bits per heavy atom. The van der Waals surface area contributed by atoms with Gasteiger partial charge in [-0.15, -0.1) is 0 Å². The Morgan fingerprint density at radius 3 is 2.60 bits per heavy atom. The number of nitrogens with zero attached hydrogens (tertiary/aromatic N) is 3. The molecule has 0 aromatic carbocycles. The van der Waals surface area contributed by atoms with Crippen LogP contribution in [0, 0.1) is 5.92 Å². The van der Waals surface area contributed by atoms with Crippen molar-refractivity contribution in [3.05, 3.63) is 21.0 Å². The molecule has 5 nitrogen and oxygen atoms in total. The van der Waals surface area contributed by atoms with Crippen molar-refractivity contribution in [1.29, 1.82) is 0 Å². The highest BCUT2D eigenvalue weighted by Gasteiger charge is 2.10. The summed E-state index contributed by atoms with van der Waals surface area (Å²) in [6, 6.07) is 0.511. The number of rotatable bonds is 7. The number of halogens is 1. The van der Waals surface area contributed by atoms with E-state index in [1.165, 1.54) is 4.68 Å². The highest BCUT2D eigenvalue weighted by molar-refractivity contribution is 9.10. The number of nitrogens with one attached hydrogen (secondary N) is 1. The predicted molar refractivity (Wildman–Crippen MR) is 87.3 cm³/mol. The van der Waals surface area contributed by atoms with Gasteiger partial charge in [0.1, 0.15) is 4.47 Å². The molecule has 0 aliphatic rings. The molecule has 0 atom stereocenters. The smallest absolute Gasteiger partial charge is 0.283 e. The van der Waals surface area contributed by atoms with Crippen LogP contribution in [0.4, 0.5) is 5.69 Å². The molecular formula is C14H25BrN4O. The number of hydrogen-bond donors (Lipinski definition) is 1. The Kier molecular flexibility index (Phi) is 6.68. The monoisotopic (exact) mass is 344 g/mol. The Bertz CT molecular complexity index is 485. The van der Waals surface area contributed by atoms with Crippen molar-refractivity contribution in [2.24, 2.45) is 5.92 Å². The normalized spacial score (nSPS) is 11.7. The van der Waals surface area contributed by atoms with Crippen LogP contribution >= 0.6 is 15.9 Å². The van der Waals surface area contributed by atoms with E-state index in [0.717, 1.165) is 18.8 Å². The van der Waals surface area contributed by atoms with E-state index >= 15 is 0 Å². The van der Waals surface area contributed by atoms with E-state index < -0.39 is 0 Å². The van der Waals surface area contributed by atoms with Gasteiger partial charge in [-0.2, -0.15) is 5.10 Å². The highest BCUT2D eigenvalue weighted by Crippen LogP contribution is 2.16. The van der Waals surface area contributed by atoms with Crippen LogP contribution in [-0.2, 0) is 6.54 Å². The fourth-order valence-electron chi connectivity index (χ4n) is 1.69. The molecule has 1 N–H and O–H groups in total. The zero-order valence-corrected chi connectivity index (χ0v) is 14.6. The molecule has 1 heterocycles. The Balaban J connectivity index is 2.69. The molecule has 0 bridgehead atoms. The molecule has 0 radical (unpaired) electrons. The molecule has 0 aliphatic heterocycles. The van der Waals surface area contributed by atoms with Crippen molar-refractivity contribution in [1.82, 2.24) is 14.7 Å². The van der Waals surface area contributed by atoms with E-state index in [2.05, 4.69) is 66.0 Å². The molecule has 0 spiro atoms. The average Bonchev–Trinajstić information content (AvgIpc) is 2.37. The molecule has 1 rings (SSSR count). The van der Waals surface area contributed by atoms with Gasteiger partial charge in [-0.25, -0.2) is 4.68 Å². The highest BCUT2D eigenvalue weighted by atomic mass is 79.9. The molecule has 114 valence electrons. The topological polar surface area (TPSA) is 50.2 Å². The number of hydrogen-bond acceptors (Lipinski definition) is 4. The Hall–Kier alpha value is -0.880. The van der Waals surface area contributed by atoms with Crippen LogP contribution in [0.5, 0.6) is 0 Å². The van der Waals surface area contributed by atoms with Gasteiger partial charge in [-0.1, -0.05) is 13.8 Å². The zero-order chi connectivity index (χ0) is 15.3. The second-order valence-electron chi connectivity index (χ2n) is 5.75. The van der Waals surface area contributed by atoms with E-state index in [9.17, 15) is 4.79 Å². The van der Waals surface area contributed by atoms with Gasteiger partial charge in [-0.3, -0.25) is 4.79 Å². The van der Waals surface area contributed by atoms with E-state index in [0.29, 0.717) is 23.0 Å². The van der Waals surface area contributed by atoms with E-state index in [4.69, 9.17) is 0 Å². The van der Waals surface area contributed by atoms with Gasteiger partial charge in [0.15, 0.2) is 0 Å². The first-order valence-corrected chi connectivity index (χ1v) is 7.82. The lowest BCUT2D eigenvalue weighted by molar-refractivity contribution is 0.284. The minimum absolute atomic E-state index is 0.0825. The summed E-state index contributed by atoms with van der Waals surface area (Å²) < 4.78 is 2.06. The lowest BCUT2D eigenvalue weighted by atomic mass is 10.2. The molecular weight excluding hydrogens is 320 g/mol. The summed E-state index contributed by atoms with van der Waals surface area (Å²) >= 11 is 3.37. The summed E-state index contributed by atoms with van der Waals surface area (Å²) in [5, 5.41) is 7.47. The van der Waals surface area contributed by atoms with Gasteiger partial charge < -0.3 is 10.2 Å². The first-order valence-electron chi connectivity index (χ1n) is 7.02.